The minimum Gasteiger partial charge on any atom is -0.370 e. The fourth-order valence-corrected chi connectivity index (χ4v) is 4.22. The number of thiophene rings is 1. The number of carbonyl (C=O) groups excluding carboxylic acids is 1. The summed E-state index contributed by atoms with van der Waals surface area (Å²) in [6.07, 6.45) is 0. The summed E-state index contributed by atoms with van der Waals surface area (Å²) in [4.78, 5) is 15.1. The van der Waals surface area contributed by atoms with Gasteiger partial charge in [-0.25, -0.2) is 4.39 Å². The lowest BCUT2D eigenvalue weighted by molar-refractivity contribution is -0.939. The van der Waals surface area contributed by atoms with E-state index in [1.807, 2.05) is 18.4 Å². The molecule has 2 heterocycles. The molecule has 4 nitrogen and oxygen atoms in total. The smallest absolute Gasteiger partial charge is 0.254 e. The highest BCUT2D eigenvalue weighted by Crippen LogP contribution is 2.20. The van der Waals surface area contributed by atoms with Gasteiger partial charge in [0.25, 0.3) is 5.91 Å². The summed E-state index contributed by atoms with van der Waals surface area (Å²) in [5.41, 5.74) is 0.0891. The second-order valence-corrected chi connectivity index (χ2v) is 6.98. The van der Waals surface area contributed by atoms with Crippen molar-refractivity contribution in [3.8, 4) is 0 Å². The molecule has 2 unspecified atom stereocenters. The summed E-state index contributed by atoms with van der Waals surface area (Å²) in [7, 11) is 0. The highest BCUT2D eigenvalue weighted by molar-refractivity contribution is 7.10. The summed E-state index contributed by atoms with van der Waals surface area (Å²) < 4.78 is 19.3. The average Bonchev–Trinajstić information content (AvgIpc) is 3.10. The normalized spacial score (nSPS) is 18.1. The Bertz CT molecular complexity index is 671. The molecule has 2 N–H and O–H groups in total. The Balaban J connectivity index is 1.77. The van der Waals surface area contributed by atoms with Crippen LogP contribution in [-0.2, 0) is 4.74 Å². The zero-order valence-electron chi connectivity index (χ0n) is 13.6. The number of benzene rings is 1. The maximum atomic E-state index is 13.8. The van der Waals surface area contributed by atoms with Crippen LogP contribution in [-0.4, -0.2) is 38.3 Å². The van der Waals surface area contributed by atoms with Crippen molar-refractivity contribution in [1.82, 2.24) is 5.32 Å². The van der Waals surface area contributed by atoms with Crippen LogP contribution in [0.2, 0.25) is 0 Å². The molecule has 1 fully saturated rings. The molecule has 0 bridgehead atoms. The number of amides is 1. The van der Waals surface area contributed by atoms with E-state index in [0.717, 1.165) is 26.3 Å². The number of quaternary nitrogens is 1. The third-order valence-corrected chi connectivity index (χ3v) is 5.36. The topological polar surface area (TPSA) is 42.8 Å². The third-order valence-electron chi connectivity index (χ3n) is 4.40. The van der Waals surface area contributed by atoms with Gasteiger partial charge in [-0.15, -0.1) is 11.3 Å². The molecule has 1 aromatic carbocycles. The number of nitrogens with one attached hydrogen (secondary N) is 2. The Morgan fingerprint density at radius 2 is 2.00 bits per heavy atom. The van der Waals surface area contributed by atoms with Gasteiger partial charge in [-0.1, -0.05) is 18.2 Å². The molecule has 6 heteroatoms. The van der Waals surface area contributed by atoms with Gasteiger partial charge in [-0.05, 0) is 30.5 Å². The van der Waals surface area contributed by atoms with Crippen molar-refractivity contribution in [3.05, 3.63) is 58.0 Å². The first-order chi connectivity index (χ1) is 11.7. The summed E-state index contributed by atoms with van der Waals surface area (Å²) in [5, 5.41) is 5.04. The van der Waals surface area contributed by atoms with Gasteiger partial charge in [0.15, 0.2) is 0 Å². The van der Waals surface area contributed by atoms with Crippen LogP contribution in [0, 0.1) is 5.82 Å². The van der Waals surface area contributed by atoms with Crippen molar-refractivity contribution in [1.29, 1.82) is 0 Å². The van der Waals surface area contributed by atoms with E-state index in [1.165, 1.54) is 21.9 Å². The Hall–Kier alpha value is -1.76. The average molecular weight is 349 g/mol. The van der Waals surface area contributed by atoms with E-state index in [4.69, 9.17) is 4.74 Å². The number of carbonyl (C=O) groups is 1. The van der Waals surface area contributed by atoms with Gasteiger partial charge in [0.2, 0.25) is 0 Å². The molecule has 0 spiro atoms. The highest BCUT2D eigenvalue weighted by Gasteiger charge is 2.33. The fourth-order valence-electron chi connectivity index (χ4n) is 3.23. The lowest BCUT2D eigenvalue weighted by Crippen LogP contribution is -3.15. The predicted molar refractivity (Wildman–Crippen MR) is 91.9 cm³/mol. The lowest BCUT2D eigenvalue weighted by Gasteiger charge is -2.34. The maximum Gasteiger partial charge on any atom is 0.254 e. The van der Waals surface area contributed by atoms with Crippen LogP contribution in [0.1, 0.15) is 28.2 Å². The van der Waals surface area contributed by atoms with Crippen molar-refractivity contribution >= 4 is 17.2 Å². The third kappa shape index (κ3) is 3.83. The highest BCUT2D eigenvalue weighted by atomic mass is 32.1. The first-order valence-corrected chi connectivity index (χ1v) is 9.06. The van der Waals surface area contributed by atoms with Crippen LogP contribution in [0.3, 0.4) is 0 Å². The lowest BCUT2D eigenvalue weighted by atomic mass is 10.0. The Kier molecular flexibility index (Phi) is 5.60. The van der Waals surface area contributed by atoms with E-state index in [9.17, 15) is 9.18 Å². The fraction of sp³-hybridized carbons (Fsp3) is 0.389. The van der Waals surface area contributed by atoms with Gasteiger partial charge in [-0.2, -0.15) is 0 Å². The minimum atomic E-state index is -0.492. The van der Waals surface area contributed by atoms with Crippen LogP contribution >= 0.6 is 11.3 Å². The van der Waals surface area contributed by atoms with Crippen molar-refractivity contribution in [2.45, 2.75) is 19.0 Å². The second-order valence-electron chi connectivity index (χ2n) is 6.01. The van der Waals surface area contributed by atoms with E-state index < -0.39 is 5.82 Å². The molecule has 1 amide bonds. The molecular formula is C18H22FN2O2S+. The molecule has 1 aromatic heterocycles. The Morgan fingerprint density at radius 1 is 1.25 bits per heavy atom. The first-order valence-electron chi connectivity index (χ1n) is 8.18. The molecule has 2 aromatic rings. The molecule has 1 aliphatic heterocycles. The van der Waals surface area contributed by atoms with E-state index in [1.54, 1.807) is 23.5 Å². The number of rotatable bonds is 5. The van der Waals surface area contributed by atoms with Crippen molar-refractivity contribution in [2.24, 2.45) is 0 Å². The maximum absolute atomic E-state index is 13.8. The van der Waals surface area contributed by atoms with Gasteiger partial charge in [-0.3, -0.25) is 4.79 Å². The Morgan fingerprint density at radius 3 is 2.67 bits per heavy atom. The van der Waals surface area contributed by atoms with Gasteiger partial charge >= 0.3 is 0 Å². The van der Waals surface area contributed by atoms with E-state index in [2.05, 4.69) is 11.4 Å². The monoisotopic (exact) mass is 349 g/mol. The molecule has 128 valence electrons. The minimum absolute atomic E-state index is 0.0891. The van der Waals surface area contributed by atoms with Crippen LogP contribution in [0.25, 0.3) is 0 Å². The quantitative estimate of drug-likeness (QED) is 0.862. The van der Waals surface area contributed by atoms with Crippen molar-refractivity contribution in [3.63, 3.8) is 0 Å². The summed E-state index contributed by atoms with van der Waals surface area (Å²) in [5.74, 6) is -0.858. The van der Waals surface area contributed by atoms with Crippen LogP contribution in [0.4, 0.5) is 4.39 Å². The van der Waals surface area contributed by atoms with E-state index in [0.29, 0.717) is 0 Å². The molecule has 0 radical (unpaired) electrons. The van der Waals surface area contributed by atoms with Gasteiger partial charge in [0.05, 0.1) is 29.7 Å². The van der Waals surface area contributed by atoms with E-state index >= 15 is 0 Å². The number of morpholine rings is 1. The summed E-state index contributed by atoms with van der Waals surface area (Å²) in [6.45, 7) is 5.26. The summed E-state index contributed by atoms with van der Waals surface area (Å²) in [6, 6.07) is 10.2. The number of hydrogen-bond acceptors (Lipinski definition) is 3. The molecule has 1 saturated heterocycles. The molecular weight excluding hydrogens is 327 g/mol. The largest absolute Gasteiger partial charge is 0.370 e. The van der Waals surface area contributed by atoms with Crippen LogP contribution < -0.4 is 10.2 Å². The number of halogens is 1. The number of hydrogen-bond donors (Lipinski definition) is 2. The zero-order valence-corrected chi connectivity index (χ0v) is 14.4. The van der Waals surface area contributed by atoms with Gasteiger partial charge in [0, 0.05) is 0 Å². The first kappa shape index (κ1) is 17.1. The molecule has 3 rings (SSSR count). The molecule has 0 saturated carbocycles. The molecule has 24 heavy (non-hydrogen) atoms. The molecule has 0 aliphatic carbocycles. The van der Waals surface area contributed by atoms with Crippen molar-refractivity contribution in [2.75, 3.05) is 26.3 Å². The van der Waals surface area contributed by atoms with Crippen LogP contribution in [0.15, 0.2) is 41.8 Å². The molecule has 1 aliphatic rings. The SMILES string of the molecule is CC(NC(=O)c1ccccc1F)C(c1cccs1)[NH+]1CCOCC1. The van der Waals surface area contributed by atoms with Gasteiger partial charge in [0.1, 0.15) is 24.9 Å². The van der Waals surface area contributed by atoms with Crippen molar-refractivity contribution < 1.29 is 18.8 Å². The van der Waals surface area contributed by atoms with Gasteiger partial charge < -0.3 is 15.0 Å². The summed E-state index contributed by atoms with van der Waals surface area (Å²) >= 11 is 1.69. The van der Waals surface area contributed by atoms with Crippen LogP contribution in [0.5, 0.6) is 0 Å². The predicted octanol–water partition coefficient (Wildman–Crippen LogP) is 1.66. The van der Waals surface area contributed by atoms with E-state index in [-0.39, 0.29) is 23.6 Å². The number of ether oxygens (including phenoxy) is 1. The Labute approximate surface area is 145 Å². The standard InChI is InChI=1S/C18H21FN2O2S/c1-13(20-18(22)14-5-2-3-6-15(14)19)17(16-7-4-12-24-16)21-8-10-23-11-9-21/h2-7,12-13,17H,8-11H2,1H3,(H,20,22)/p+1. The zero-order chi connectivity index (χ0) is 16.9. The molecule has 2 atom stereocenters. The second kappa shape index (κ2) is 7.88.